The van der Waals surface area contributed by atoms with E-state index in [4.69, 9.17) is 9.72 Å². The van der Waals surface area contributed by atoms with Crippen LogP contribution in [0.25, 0.3) is 21.1 Å². The Bertz CT molecular complexity index is 1080. The van der Waals surface area contributed by atoms with Gasteiger partial charge in [0.2, 0.25) is 5.91 Å². The van der Waals surface area contributed by atoms with Gasteiger partial charge in [0.25, 0.3) is 0 Å². The van der Waals surface area contributed by atoms with E-state index in [0.29, 0.717) is 12.4 Å². The van der Waals surface area contributed by atoms with Gasteiger partial charge in [0.1, 0.15) is 11.4 Å². The SMILES string of the molecule is O=C(CSc1nc(-c2cccs2)c(-c2cccs2)[nH]1)NC1CCOc2ccccc21. The molecule has 1 unspecified atom stereocenters. The molecule has 4 aromatic rings. The molecule has 0 spiro atoms. The molecule has 4 heterocycles. The second-order valence-corrected chi connectivity index (χ2v) is 9.66. The van der Waals surface area contributed by atoms with Gasteiger partial charge in [-0.25, -0.2) is 4.98 Å². The maximum Gasteiger partial charge on any atom is 0.230 e. The largest absolute Gasteiger partial charge is 0.493 e. The third-order valence-corrected chi connectivity index (χ3v) is 7.48. The van der Waals surface area contributed by atoms with Crippen LogP contribution in [-0.2, 0) is 4.79 Å². The number of imidazole rings is 1. The molecule has 0 fully saturated rings. The molecule has 1 aliphatic rings. The minimum atomic E-state index is -0.0111. The molecule has 3 aromatic heterocycles. The first-order valence-electron chi connectivity index (χ1n) is 9.59. The molecule has 1 aliphatic heterocycles. The number of carbonyl (C=O) groups is 1. The van der Waals surface area contributed by atoms with Crippen LogP contribution < -0.4 is 10.1 Å². The fourth-order valence-electron chi connectivity index (χ4n) is 3.47. The number of thioether (sulfide) groups is 1. The van der Waals surface area contributed by atoms with E-state index >= 15 is 0 Å². The third kappa shape index (κ3) is 4.03. The first-order valence-corrected chi connectivity index (χ1v) is 12.3. The number of carbonyl (C=O) groups excluding carboxylic acids is 1. The van der Waals surface area contributed by atoms with Crippen LogP contribution in [0.1, 0.15) is 18.0 Å². The monoisotopic (exact) mass is 453 g/mol. The van der Waals surface area contributed by atoms with Crippen molar-refractivity contribution in [2.75, 3.05) is 12.4 Å². The molecule has 1 amide bonds. The van der Waals surface area contributed by atoms with Crippen molar-refractivity contribution in [2.45, 2.75) is 17.6 Å². The summed E-state index contributed by atoms with van der Waals surface area (Å²) in [6.07, 6.45) is 0.777. The number of hydrogen-bond donors (Lipinski definition) is 2. The molecule has 1 atom stereocenters. The molecule has 0 aliphatic carbocycles. The number of benzene rings is 1. The van der Waals surface area contributed by atoms with E-state index in [0.717, 1.165) is 44.0 Å². The predicted octanol–water partition coefficient (Wildman–Crippen LogP) is 5.60. The summed E-state index contributed by atoms with van der Waals surface area (Å²) in [7, 11) is 0. The van der Waals surface area contributed by atoms with Crippen molar-refractivity contribution in [3.8, 4) is 26.9 Å². The smallest absolute Gasteiger partial charge is 0.230 e. The number of fused-ring (bicyclic) bond motifs is 1. The number of para-hydroxylation sites is 1. The van der Waals surface area contributed by atoms with Gasteiger partial charge in [0.05, 0.1) is 33.8 Å². The van der Waals surface area contributed by atoms with Gasteiger partial charge >= 0.3 is 0 Å². The molecule has 152 valence electrons. The number of amides is 1. The number of nitrogens with zero attached hydrogens (tertiary/aromatic N) is 1. The summed E-state index contributed by atoms with van der Waals surface area (Å²) in [4.78, 5) is 23.1. The molecule has 0 bridgehead atoms. The van der Waals surface area contributed by atoms with E-state index < -0.39 is 0 Å². The lowest BCUT2D eigenvalue weighted by Crippen LogP contribution is -2.33. The normalized spacial score (nSPS) is 15.4. The quantitative estimate of drug-likeness (QED) is 0.373. The van der Waals surface area contributed by atoms with Gasteiger partial charge in [-0.15, -0.1) is 22.7 Å². The molecule has 5 rings (SSSR count). The Labute approximate surface area is 186 Å². The van der Waals surface area contributed by atoms with E-state index in [9.17, 15) is 4.79 Å². The summed E-state index contributed by atoms with van der Waals surface area (Å²) in [6, 6.07) is 16.1. The number of nitrogens with one attached hydrogen (secondary N) is 2. The minimum absolute atomic E-state index is 0.00606. The number of H-pyrrole nitrogens is 1. The maximum absolute atomic E-state index is 12.6. The lowest BCUT2D eigenvalue weighted by atomic mass is 10.0. The van der Waals surface area contributed by atoms with Gasteiger partial charge in [0, 0.05) is 12.0 Å². The van der Waals surface area contributed by atoms with Gasteiger partial charge in [0.15, 0.2) is 5.16 Å². The van der Waals surface area contributed by atoms with Crippen molar-refractivity contribution in [1.82, 2.24) is 15.3 Å². The van der Waals surface area contributed by atoms with Crippen LogP contribution >= 0.6 is 34.4 Å². The Hall–Kier alpha value is -2.55. The number of hydrogen-bond acceptors (Lipinski definition) is 6. The highest BCUT2D eigenvalue weighted by Crippen LogP contribution is 2.37. The molecular weight excluding hydrogens is 434 g/mol. The topological polar surface area (TPSA) is 67.0 Å². The molecule has 5 nitrogen and oxygen atoms in total. The zero-order valence-electron chi connectivity index (χ0n) is 16.0. The summed E-state index contributed by atoms with van der Waals surface area (Å²) < 4.78 is 5.68. The molecule has 30 heavy (non-hydrogen) atoms. The van der Waals surface area contributed by atoms with Crippen molar-refractivity contribution in [2.24, 2.45) is 0 Å². The summed E-state index contributed by atoms with van der Waals surface area (Å²) in [5.41, 5.74) is 2.99. The first kappa shape index (κ1) is 19.4. The van der Waals surface area contributed by atoms with E-state index in [2.05, 4.69) is 27.8 Å². The number of aromatic amines is 1. The molecule has 8 heteroatoms. The number of ether oxygens (including phenoxy) is 1. The number of aromatic nitrogens is 2. The van der Waals surface area contributed by atoms with Crippen LogP contribution in [-0.4, -0.2) is 28.2 Å². The van der Waals surface area contributed by atoms with Crippen molar-refractivity contribution in [3.05, 3.63) is 64.9 Å². The molecular formula is C22H19N3O2S3. The second kappa shape index (κ2) is 8.67. The van der Waals surface area contributed by atoms with Crippen LogP contribution in [0, 0.1) is 0 Å². The second-order valence-electron chi connectivity index (χ2n) is 6.80. The highest BCUT2D eigenvalue weighted by molar-refractivity contribution is 7.99. The fourth-order valence-corrected chi connectivity index (χ4v) is 5.60. The van der Waals surface area contributed by atoms with Crippen LogP contribution in [0.5, 0.6) is 5.75 Å². The Morgan fingerprint density at radius 1 is 1.13 bits per heavy atom. The standard InChI is InChI=1S/C22H19N3O2S3/c26-19(23-15-9-10-27-16-6-2-1-5-14(15)16)13-30-22-24-20(17-7-3-11-28-17)21(25-22)18-8-4-12-29-18/h1-8,11-12,15H,9-10,13H2,(H,23,26)(H,24,25). The van der Waals surface area contributed by atoms with Gasteiger partial charge < -0.3 is 15.0 Å². The van der Waals surface area contributed by atoms with E-state index in [-0.39, 0.29) is 11.9 Å². The van der Waals surface area contributed by atoms with Crippen LogP contribution in [0.2, 0.25) is 0 Å². The molecule has 0 saturated heterocycles. The van der Waals surface area contributed by atoms with E-state index in [1.807, 2.05) is 41.8 Å². The average Bonchev–Trinajstić information content (AvgIpc) is 3.54. The fraction of sp³-hybridized carbons (Fsp3) is 0.182. The predicted molar refractivity (Wildman–Crippen MR) is 123 cm³/mol. The Balaban J connectivity index is 1.29. The van der Waals surface area contributed by atoms with Gasteiger partial charge in [-0.05, 0) is 29.0 Å². The zero-order chi connectivity index (χ0) is 20.3. The minimum Gasteiger partial charge on any atom is -0.493 e. The summed E-state index contributed by atoms with van der Waals surface area (Å²) in [5, 5.41) is 8.00. The lowest BCUT2D eigenvalue weighted by Gasteiger charge is -2.26. The average molecular weight is 454 g/mol. The Morgan fingerprint density at radius 2 is 1.93 bits per heavy atom. The number of thiophene rings is 2. The highest BCUT2D eigenvalue weighted by Gasteiger charge is 2.23. The van der Waals surface area contributed by atoms with Gasteiger partial charge in [-0.1, -0.05) is 42.1 Å². The number of rotatable bonds is 6. The summed E-state index contributed by atoms with van der Waals surface area (Å²) >= 11 is 4.77. The molecule has 0 saturated carbocycles. The summed E-state index contributed by atoms with van der Waals surface area (Å²) in [5.74, 6) is 1.16. The Morgan fingerprint density at radius 3 is 2.73 bits per heavy atom. The van der Waals surface area contributed by atoms with Gasteiger partial charge in [-0.3, -0.25) is 4.79 Å². The van der Waals surface area contributed by atoms with E-state index in [1.165, 1.54) is 11.8 Å². The Kier molecular flexibility index (Phi) is 5.61. The molecule has 0 radical (unpaired) electrons. The summed E-state index contributed by atoms with van der Waals surface area (Å²) in [6.45, 7) is 0.613. The van der Waals surface area contributed by atoms with Crippen molar-refractivity contribution >= 4 is 40.3 Å². The third-order valence-electron chi connectivity index (χ3n) is 4.84. The molecule has 1 aromatic carbocycles. The molecule has 2 N–H and O–H groups in total. The lowest BCUT2D eigenvalue weighted by molar-refractivity contribution is -0.119. The highest BCUT2D eigenvalue weighted by atomic mass is 32.2. The zero-order valence-corrected chi connectivity index (χ0v) is 18.4. The van der Waals surface area contributed by atoms with Crippen LogP contribution in [0.15, 0.2) is 64.4 Å². The van der Waals surface area contributed by atoms with Crippen molar-refractivity contribution < 1.29 is 9.53 Å². The van der Waals surface area contributed by atoms with Gasteiger partial charge in [-0.2, -0.15) is 0 Å². The van der Waals surface area contributed by atoms with Crippen molar-refractivity contribution in [3.63, 3.8) is 0 Å². The van der Waals surface area contributed by atoms with Crippen molar-refractivity contribution in [1.29, 1.82) is 0 Å². The first-order chi connectivity index (χ1) is 14.8. The maximum atomic E-state index is 12.6. The van der Waals surface area contributed by atoms with Crippen LogP contribution in [0.4, 0.5) is 0 Å². The van der Waals surface area contributed by atoms with Crippen LogP contribution in [0.3, 0.4) is 0 Å². The van der Waals surface area contributed by atoms with E-state index in [1.54, 1.807) is 22.7 Å².